The molecule has 0 radical (unpaired) electrons. The van der Waals surface area contributed by atoms with E-state index >= 15 is 0 Å². The van der Waals surface area contributed by atoms with Crippen LogP contribution >= 0.6 is 0 Å². The van der Waals surface area contributed by atoms with Crippen LogP contribution in [0.25, 0.3) is 98.7 Å². The van der Waals surface area contributed by atoms with Crippen molar-refractivity contribution >= 4 is 43.1 Å². The summed E-state index contributed by atoms with van der Waals surface area (Å²) in [6.45, 7) is 4.80. The molecule has 1 aliphatic carbocycles. The first kappa shape index (κ1) is 31.7. The van der Waals surface area contributed by atoms with Gasteiger partial charge in [-0.15, -0.1) is 0 Å². The molecule has 0 unspecified atom stereocenters. The molecule has 0 aromatic heterocycles. The lowest BCUT2D eigenvalue weighted by molar-refractivity contribution is 0.661. The third-order valence-corrected chi connectivity index (χ3v) is 12.3. The van der Waals surface area contributed by atoms with E-state index in [4.69, 9.17) is 0 Å². The normalized spacial score (nSPS) is 13.1. The van der Waals surface area contributed by atoms with E-state index in [0.717, 1.165) is 0 Å². The third-order valence-electron chi connectivity index (χ3n) is 12.3. The fraction of sp³-hybridized carbons (Fsp3) is 0.0545. The molecule has 0 heteroatoms. The molecule has 0 aliphatic heterocycles. The van der Waals surface area contributed by atoms with Gasteiger partial charge in [-0.2, -0.15) is 0 Å². The van der Waals surface area contributed by atoms with E-state index < -0.39 is 0 Å². The van der Waals surface area contributed by atoms with E-state index in [2.05, 4.69) is 208 Å². The summed E-state index contributed by atoms with van der Waals surface area (Å²) in [5, 5.41) is 10.2. The van der Waals surface area contributed by atoms with Crippen molar-refractivity contribution in [3.63, 3.8) is 0 Å². The fourth-order valence-corrected chi connectivity index (χ4v) is 9.58. The van der Waals surface area contributed by atoms with Crippen LogP contribution in [0, 0.1) is 0 Å². The first-order valence-electron chi connectivity index (χ1n) is 19.3. The molecule has 10 aromatic rings. The molecular weight excluding hydrogens is 661 g/mol. The van der Waals surface area contributed by atoms with Gasteiger partial charge in [0, 0.05) is 5.41 Å². The van der Waals surface area contributed by atoms with Crippen LogP contribution in [0.2, 0.25) is 0 Å². The summed E-state index contributed by atoms with van der Waals surface area (Å²) in [4.78, 5) is 0. The molecule has 10 aromatic carbocycles. The maximum atomic E-state index is 2.49. The SMILES string of the molecule is CC1(C)c2cc(-c3cccc4ccccc34)ccc2-c2ccc(-c3c4ccccc4c(-c4ccccc4-c4ccc5ccccc5c4)c4ccccc34)cc21. The van der Waals surface area contributed by atoms with Crippen LogP contribution in [0.1, 0.15) is 25.0 Å². The van der Waals surface area contributed by atoms with E-state index in [-0.39, 0.29) is 5.41 Å². The minimum Gasteiger partial charge on any atom is -0.0616 e. The van der Waals surface area contributed by atoms with Crippen molar-refractivity contribution in [1.82, 2.24) is 0 Å². The second-order valence-corrected chi connectivity index (χ2v) is 15.6. The van der Waals surface area contributed by atoms with Gasteiger partial charge in [0.25, 0.3) is 0 Å². The maximum Gasteiger partial charge on any atom is 0.0159 e. The summed E-state index contributed by atoms with van der Waals surface area (Å²) in [6.07, 6.45) is 0. The highest BCUT2D eigenvalue weighted by Crippen LogP contribution is 2.53. The zero-order valence-corrected chi connectivity index (χ0v) is 31.0. The first-order chi connectivity index (χ1) is 27.0. The van der Waals surface area contributed by atoms with Crippen molar-refractivity contribution in [3.05, 3.63) is 205 Å². The van der Waals surface area contributed by atoms with Crippen LogP contribution in [0.5, 0.6) is 0 Å². The highest BCUT2D eigenvalue weighted by Gasteiger charge is 2.36. The van der Waals surface area contributed by atoms with Gasteiger partial charge in [-0.3, -0.25) is 0 Å². The maximum absolute atomic E-state index is 2.49. The first-order valence-corrected chi connectivity index (χ1v) is 19.3. The molecule has 0 N–H and O–H groups in total. The van der Waals surface area contributed by atoms with Gasteiger partial charge >= 0.3 is 0 Å². The van der Waals surface area contributed by atoms with Crippen molar-refractivity contribution in [3.8, 4) is 55.6 Å². The van der Waals surface area contributed by atoms with Gasteiger partial charge in [0.1, 0.15) is 0 Å². The van der Waals surface area contributed by atoms with Crippen molar-refractivity contribution in [1.29, 1.82) is 0 Å². The average molecular weight is 699 g/mol. The average Bonchev–Trinajstić information content (AvgIpc) is 3.47. The van der Waals surface area contributed by atoms with Gasteiger partial charge in [-0.1, -0.05) is 190 Å². The monoisotopic (exact) mass is 698 g/mol. The predicted molar refractivity (Wildman–Crippen MR) is 236 cm³/mol. The summed E-state index contributed by atoms with van der Waals surface area (Å²) in [5.41, 5.74) is 15.4. The Labute approximate surface area is 322 Å². The molecule has 0 heterocycles. The molecular formula is C55H38. The second kappa shape index (κ2) is 12.1. The van der Waals surface area contributed by atoms with E-state index in [1.54, 1.807) is 0 Å². The van der Waals surface area contributed by atoms with E-state index in [9.17, 15) is 0 Å². The molecule has 0 amide bonds. The Hall–Kier alpha value is -6.76. The zero-order valence-electron chi connectivity index (χ0n) is 31.0. The van der Waals surface area contributed by atoms with E-state index in [1.807, 2.05) is 0 Å². The third kappa shape index (κ3) is 4.85. The van der Waals surface area contributed by atoms with Crippen molar-refractivity contribution < 1.29 is 0 Å². The molecule has 11 rings (SSSR count). The quantitative estimate of drug-likeness (QED) is 0.161. The number of hydrogen-bond donors (Lipinski definition) is 0. The lowest BCUT2D eigenvalue weighted by Gasteiger charge is -2.24. The number of benzene rings is 10. The molecule has 0 saturated heterocycles. The highest BCUT2D eigenvalue weighted by atomic mass is 14.4. The Bertz CT molecular complexity index is 3110. The van der Waals surface area contributed by atoms with Crippen LogP contribution in [-0.2, 0) is 5.41 Å². The second-order valence-electron chi connectivity index (χ2n) is 15.6. The predicted octanol–water partition coefficient (Wildman–Crippen LogP) is 15.3. The number of rotatable bonds is 4. The summed E-state index contributed by atoms with van der Waals surface area (Å²) < 4.78 is 0. The van der Waals surface area contributed by atoms with Crippen molar-refractivity contribution in [2.75, 3.05) is 0 Å². The van der Waals surface area contributed by atoms with Crippen LogP contribution in [-0.4, -0.2) is 0 Å². The van der Waals surface area contributed by atoms with Gasteiger partial charge in [-0.05, 0) is 128 Å². The van der Waals surface area contributed by atoms with Gasteiger partial charge in [0.05, 0.1) is 0 Å². The van der Waals surface area contributed by atoms with Gasteiger partial charge < -0.3 is 0 Å². The van der Waals surface area contributed by atoms with E-state index in [1.165, 1.54) is 110 Å². The minimum absolute atomic E-state index is 0.161. The summed E-state index contributed by atoms with van der Waals surface area (Å²) >= 11 is 0. The number of fused-ring (bicyclic) bond motifs is 7. The molecule has 0 fully saturated rings. The number of hydrogen-bond acceptors (Lipinski definition) is 0. The summed E-state index contributed by atoms with van der Waals surface area (Å²) in [5.74, 6) is 0. The van der Waals surface area contributed by atoms with Crippen LogP contribution in [0.15, 0.2) is 194 Å². The highest BCUT2D eigenvalue weighted by molar-refractivity contribution is 6.22. The molecule has 0 saturated carbocycles. The van der Waals surface area contributed by atoms with Crippen LogP contribution in [0.3, 0.4) is 0 Å². The smallest absolute Gasteiger partial charge is 0.0159 e. The largest absolute Gasteiger partial charge is 0.0616 e. The zero-order chi connectivity index (χ0) is 36.7. The van der Waals surface area contributed by atoms with Crippen LogP contribution in [0.4, 0.5) is 0 Å². The molecule has 55 heavy (non-hydrogen) atoms. The van der Waals surface area contributed by atoms with Crippen molar-refractivity contribution in [2.45, 2.75) is 19.3 Å². The van der Waals surface area contributed by atoms with Gasteiger partial charge in [0.2, 0.25) is 0 Å². The van der Waals surface area contributed by atoms with Gasteiger partial charge in [-0.25, -0.2) is 0 Å². The molecule has 0 atom stereocenters. The standard InChI is InChI=1S/C55H38/c1-55(2)51-33-39(42-25-13-17-36-15-5-6-18-41(36)42)28-30-44(51)45-31-29-40(34-52(45)55)53-47-21-9-11-23-49(47)54(50-24-12-10-22-48(50)53)46-20-8-7-19-43(46)38-27-26-35-14-3-4-16-37(35)32-38/h3-34H,1-2H3. The lowest BCUT2D eigenvalue weighted by atomic mass is 9.79. The molecule has 0 spiro atoms. The van der Waals surface area contributed by atoms with E-state index in [0.29, 0.717) is 0 Å². The van der Waals surface area contributed by atoms with Crippen LogP contribution < -0.4 is 0 Å². The Kier molecular flexibility index (Phi) is 7.00. The molecule has 258 valence electrons. The Morgan fingerprint density at radius 3 is 1.42 bits per heavy atom. The fourth-order valence-electron chi connectivity index (χ4n) is 9.58. The minimum atomic E-state index is -0.161. The Balaban J connectivity index is 1.09. The molecule has 0 nitrogen and oxygen atoms in total. The summed E-state index contributed by atoms with van der Waals surface area (Å²) in [7, 11) is 0. The lowest BCUT2D eigenvalue weighted by Crippen LogP contribution is -2.15. The van der Waals surface area contributed by atoms with Crippen molar-refractivity contribution in [2.24, 2.45) is 0 Å². The Morgan fingerprint density at radius 2 is 0.727 bits per heavy atom. The molecule has 1 aliphatic rings. The molecule has 0 bridgehead atoms. The van der Waals surface area contributed by atoms with Gasteiger partial charge in [0.15, 0.2) is 0 Å². The summed E-state index contributed by atoms with van der Waals surface area (Å²) in [6, 6.07) is 72.2. The Morgan fingerprint density at radius 1 is 0.273 bits per heavy atom. The topological polar surface area (TPSA) is 0 Å².